The van der Waals surface area contributed by atoms with Crippen LogP contribution in [0.3, 0.4) is 0 Å². The van der Waals surface area contributed by atoms with Crippen molar-refractivity contribution in [2.24, 2.45) is 0 Å². The zero-order chi connectivity index (χ0) is 16.2. The quantitative estimate of drug-likeness (QED) is 0.770. The fraction of sp³-hybridized carbons (Fsp3) is 0.118. The number of carbonyl (C=O) groups is 1. The fourth-order valence-corrected chi connectivity index (χ4v) is 2.33. The number of benzene rings is 1. The monoisotopic (exact) mass is 309 g/mol. The Morgan fingerprint density at radius 2 is 2.13 bits per heavy atom. The van der Waals surface area contributed by atoms with Gasteiger partial charge >= 0.3 is 0 Å². The maximum Gasteiger partial charge on any atom is 0.257 e. The summed E-state index contributed by atoms with van der Waals surface area (Å²) in [4.78, 5) is 31.8. The number of aromatic amines is 1. The molecule has 6 heteroatoms. The highest BCUT2D eigenvalue weighted by Crippen LogP contribution is 2.20. The van der Waals surface area contributed by atoms with Gasteiger partial charge in [-0.25, -0.2) is 0 Å². The van der Waals surface area contributed by atoms with Crippen molar-refractivity contribution in [1.29, 1.82) is 0 Å². The fourth-order valence-electron chi connectivity index (χ4n) is 2.33. The Labute approximate surface area is 132 Å². The summed E-state index contributed by atoms with van der Waals surface area (Å²) in [5.41, 5.74) is 1.01. The van der Waals surface area contributed by atoms with Crippen LogP contribution in [-0.2, 0) is 6.54 Å². The number of amides is 1. The minimum atomic E-state index is -0.443. The number of nitrogens with one attached hydrogen (secondary N) is 2. The van der Waals surface area contributed by atoms with Gasteiger partial charge in [0.1, 0.15) is 11.3 Å². The Morgan fingerprint density at radius 1 is 1.26 bits per heavy atom. The topological polar surface area (TPSA) is 84.1 Å². The highest BCUT2D eigenvalue weighted by atomic mass is 16.5. The highest BCUT2D eigenvalue weighted by Gasteiger charge is 2.14. The Balaban J connectivity index is 1.89. The standard InChI is InChI=1S/C17H15N3O3/c1-23-14-7-4-6-12-15(14)19-10-13(16(12)21)17(22)20-9-11-5-2-3-8-18-11/h2-8,10H,9H2,1H3,(H,19,21)(H,20,22). The molecule has 2 N–H and O–H groups in total. The molecule has 1 aromatic carbocycles. The lowest BCUT2D eigenvalue weighted by atomic mass is 10.1. The van der Waals surface area contributed by atoms with Crippen LogP contribution in [0.4, 0.5) is 0 Å². The zero-order valence-corrected chi connectivity index (χ0v) is 12.5. The largest absolute Gasteiger partial charge is 0.495 e. The lowest BCUT2D eigenvalue weighted by Crippen LogP contribution is -2.28. The predicted octanol–water partition coefficient (Wildman–Crippen LogP) is 1.86. The smallest absolute Gasteiger partial charge is 0.257 e. The molecule has 1 amide bonds. The number of rotatable bonds is 4. The molecule has 0 radical (unpaired) electrons. The number of carbonyl (C=O) groups excluding carboxylic acids is 1. The summed E-state index contributed by atoms with van der Waals surface area (Å²) < 4.78 is 5.21. The number of aromatic nitrogens is 2. The first kappa shape index (κ1) is 14.8. The molecule has 116 valence electrons. The molecule has 0 aliphatic heterocycles. The number of pyridine rings is 2. The van der Waals surface area contributed by atoms with E-state index in [2.05, 4.69) is 15.3 Å². The van der Waals surface area contributed by atoms with Gasteiger partial charge in [-0.1, -0.05) is 12.1 Å². The summed E-state index contributed by atoms with van der Waals surface area (Å²) in [7, 11) is 1.53. The molecule has 0 aliphatic rings. The van der Waals surface area contributed by atoms with Gasteiger partial charge in [0.15, 0.2) is 0 Å². The summed E-state index contributed by atoms with van der Waals surface area (Å²) >= 11 is 0. The average Bonchev–Trinajstić information content (AvgIpc) is 2.60. The van der Waals surface area contributed by atoms with Crippen molar-refractivity contribution in [3.63, 3.8) is 0 Å². The SMILES string of the molecule is COc1cccc2c(=O)c(C(=O)NCc3ccccn3)c[nH]c12. The first-order valence-corrected chi connectivity index (χ1v) is 7.07. The molecule has 23 heavy (non-hydrogen) atoms. The molecule has 0 saturated heterocycles. The van der Waals surface area contributed by atoms with Crippen LogP contribution in [0.5, 0.6) is 5.75 Å². The van der Waals surface area contributed by atoms with Crippen LogP contribution in [-0.4, -0.2) is 23.0 Å². The number of methoxy groups -OCH3 is 1. The summed E-state index contributed by atoms with van der Waals surface area (Å²) in [6.07, 6.45) is 3.05. The van der Waals surface area contributed by atoms with Crippen molar-refractivity contribution in [2.75, 3.05) is 7.11 Å². The molecule has 3 aromatic rings. The lowest BCUT2D eigenvalue weighted by Gasteiger charge is -2.08. The van der Waals surface area contributed by atoms with E-state index in [0.717, 1.165) is 5.69 Å². The van der Waals surface area contributed by atoms with Gasteiger partial charge < -0.3 is 15.0 Å². The van der Waals surface area contributed by atoms with E-state index in [-0.39, 0.29) is 17.5 Å². The normalized spacial score (nSPS) is 10.5. The van der Waals surface area contributed by atoms with Crippen LogP contribution in [0.15, 0.2) is 53.6 Å². The van der Waals surface area contributed by atoms with Crippen LogP contribution < -0.4 is 15.5 Å². The van der Waals surface area contributed by atoms with Gasteiger partial charge in [-0.2, -0.15) is 0 Å². The molecular formula is C17H15N3O3. The van der Waals surface area contributed by atoms with Crippen molar-refractivity contribution >= 4 is 16.8 Å². The van der Waals surface area contributed by atoms with Gasteiger partial charge in [0.25, 0.3) is 5.91 Å². The molecule has 6 nitrogen and oxygen atoms in total. The summed E-state index contributed by atoms with van der Waals surface area (Å²) in [5.74, 6) is 0.113. The number of hydrogen-bond acceptors (Lipinski definition) is 4. The van der Waals surface area contributed by atoms with E-state index >= 15 is 0 Å². The van der Waals surface area contributed by atoms with Gasteiger partial charge in [0.05, 0.1) is 30.3 Å². The van der Waals surface area contributed by atoms with Crippen LogP contribution in [0, 0.1) is 0 Å². The third kappa shape index (κ3) is 2.91. The van der Waals surface area contributed by atoms with Crippen LogP contribution in [0.25, 0.3) is 10.9 Å². The number of fused-ring (bicyclic) bond motifs is 1. The van der Waals surface area contributed by atoms with Gasteiger partial charge in [0.2, 0.25) is 5.43 Å². The van der Waals surface area contributed by atoms with Crippen molar-refractivity contribution in [2.45, 2.75) is 6.54 Å². The number of para-hydroxylation sites is 1. The van der Waals surface area contributed by atoms with E-state index in [1.165, 1.54) is 13.3 Å². The van der Waals surface area contributed by atoms with Crippen molar-refractivity contribution < 1.29 is 9.53 Å². The van der Waals surface area contributed by atoms with E-state index in [9.17, 15) is 9.59 Å². The van der Waals surface area contributed by atoms with E-state index in [1.807, 2.05) is 6.07 Å². The third-order valence-electron chi connectivity index (χ3n) is 3.50. The van der Waals surface area contributed by atoms with Gasteiger partial charge in [-0.05, 0) is 24.3 Å². The number of H-pyrrole nitrogens is 1. The molecule has 0 bridgehead atoms. The van der Waals surface area contributed by atoms with E-state index in [4.69, 9.17) is 4.74 Å². The van der Waals surface area contributed by atoms with E-state index in [0.29, 0.717) is 16.7 Å². The minimum absolute atomic E-state index is 0.0571. The maximum atomic E-state index is 12.5. The second-order valence-corrected chi connectivity index (χ2v) is 4.92. The molecule has 0 saturated carbocycles. The molecular weight excluding hydrogens is 294 g/mol. The molecule has 0 aliphatic carbocycles. The van der Waals surface area contributed by atoms with Crippen molar-refractivity contribution in [1.82, 2.24) is 15.3 Å². The molecule has 0 spiro atoms. The first-order chi connectivity index (χ1) is 11.2. The molecule has 0 fully saturated rings. The summed E-state index contributed by atoms with van der Waals surface area (Å²) in [6, 6.07) is 10.6. The van der Waals surface area contributed by atoms with Crippen LogP contribution >= 0.6 is 0 Å². The van der Waals surface area contributed by atoms with Gasteiger partial charge in [-0.15, -0.1) is 0 Å². The van der Waals surface area contributed by atoms with Crippen LogP contribution in [0.1, 0.15) is 16.1 Å². The Hall–Kier alpha value is -3.15. The molecule has 0 unspecified atom stereocenters. The van der Waals surface area contributed by atoms with Crippen molar-refractivity contribution in [3.8, 4) is 5.75 Å². The molecule has 2 aromatic heterocycles. The second kappa shape index (κ2) is 6.31. The summed E-state index contributed by atoms with van der Waals surface area (Å²) in [5, 5.41) is 3.11. The number of hydrogen-bond donors (Lipinski definition) is 2. The van der Waals surface area contributed by atoms with Crippen molar-refractivity contribution in [3.05, 3.63) is 70.3 Å². The van der Waals surface area contributed by atoms with Gasteiger partial charge in [0, 0.05) is 12.4 Å². The summed E-state index contributed by atoms with van der Waals surface area (Å²) in [6.45, 7) is 0.259. The number of nitrogens with zero attached hydrogens (tertiary/aromatic N) is 1. The Bertz CT molecular complexity index is 904. The molecule has 0 atom stereocenters. The average molecular weight is 309 g/mol. The zero-order valence-electron chi connectivity index (χ0n) is 12.5. The third-order valence-corrected chi connectivity index (χ3v) is 3.50. The molecule has 2 heterocycles. The maximum absolute atomic E-state index is 12.5. The minimum Gasteiger partial charge on any atom is -0.495 e. The number of ether oxygens (including phenoxy) is 1. The van der Waals surface area contributed by atoms with Crippen LogP contribution in [0.2, 0.25) is 0 Å². The Kier molecular flexibility index (Phi) is 4.05. The highest BCUT2D eigenvalue weighted by molar-refractivity contribution is 5.97. The first-order valence-electron chi connectivity index (χ1n) is 7.07. The predicted molar refractivity (Wildman–Crippen MR) is 86.5 cm³/mol. The van der Waals surface area contributed by atoms with E-state index in [1.54, 1.807) is 36.5 Å². The Morgan fingerprint density at radius 3 is 2.87 bits per heavy atom. The van der Waals surface area contributed by atoms with E-state index < -0.39 is 5.91 Å². The molecule has 3 rings (SSSR count). The lowest BCUT2D eigenvalue weighted by molar-refractivity contribution is 0.0949. The second-order valence-electron chi connectivity index (χ2n) is 4.92. The van der Waals surface area contributed by atoms with Gasteiger partial charge in [-0.3, -0.25) is 14.6 Å².